The summed E-state index contributed by atoms with van der Waals surface area (Å²) in [6, 6.07) is 1.56. The van der Waals surface area contributed by atoms with Crippen LogP contribution in [0.25, 0.3) is 0 Å². The first kappa shape index (κ1) is 15.7. The molecule has 0 spiro atoms. The van der Waals surface area contributed by atoms with Crippen LogP contribution in [0.5, 0.6) is 0 Å². The number of pyridine rings is 1. The highest BCUT2D eigenvalue weighted by atomic mass is 32.1. The van der Waals surface area contributed by atoms with Gasteiger partial charge in [-0.05, 0) is 6.07 Å². The number of H-pyrrole nitrogens is 1. The number of hydrogen-bond acceptors (Lipinski definition) is 6. The van der Waals surface area contributed by atoms with E-state index in [1.54, 1.807) is 6.07 Å². The van der Waals surface area contributed by atoms with E-state index >= 15 is 0 Å². The van der Waals surface area contributed by atoms with Gasteiger partial charge in [-0.3, -0.25) is 5.32 Å². The van der Waals surface area contributed by atoms with Gasteiger partial charge in [-0.1, -0.05) is 26.1 Å². The van der Waals surface area contributed by atoms with Gasteiger partial charge in [0, 0.05) is 17.8 Å². The summed E-state index contributed by atoms with van der Waals surface area (Å²) >= 11 is 16.5. The Kier molecular flexibility index (Phi) is 7.73. The zero-order valence-electron chi connectivity index (χ0n) is 8.64. The zero-order chi connectivity index (χ0) is 12.7. The molecular weight excluding hydrogens is 284 g/mol. The largest absolute Gasteiger partial charge is 0.424 e. The lowest BCUT2D eigenvalue weighted by molar-refractivity contribution is 0.223. The molecule has 1 amide bonds. The average Bonchev–Trinajstić information content (AvgIpc) is 2.28. The highest BCUT2D eigenvalue weighted by molar-refractivity contribution is 7.84. The zero-order valence-corrected chi connectivity index (χ0v) is 12.1. The molecule has 0 atom stereocenters. The number of anilines is 1. The monoisotopic (exact) mass is 296 g/mol. The number of carbonyl (C=O) groups excluding carboxylic acids is 1. The molecular formula is C8H12N2O2S4. The van der Waals surface area contributed by atoms with Gasteiger partial charge < -0.3 is 9.17 Å². The van der Waals surface area contributed by atoms with Crippen LogP contribution < -0.4 is 5.32 Å². The smallest absolute Gasteiger partial charge is 0.378 e. The molecule has 0 bridgehead atoms. The molecule has 16 heavy (non-hydrogen) atoms. The highest BCUT2D eigenvalue weighted by Gasteiger charge is 2.04. The lowest BCUT2D eigenvalue weighted by Crippen LogP contribution is -2.10. The number of carbonyl (C=O) groups is 1. The van der Waals surface area contributed by atoms with Gasteiger partial charge >= 0.3 is 6.09 Å². The fourth-order valence-electron chi connectivity index (χ4n) is 0.739. The Bertz CT molecular complexity index is 419. The summed E-state index contributed by atoms with van der Waals surface area (Å²) in [5.74, 6) is 0.372. The van der Waals surface area contributed by atoms with Crippen molar-refractivity contribution in [3.05, 3.63) is 10.7 Å². The predicted octanol–water partition coefficient (Wildman–Crippen LogP) is 3.74. The molecule has 90 valence electrons. The van der Waals surface area contributed by atoms with Crippen molar-refractivity contribution in [3.63, 3.8) is 0 Å². The topological polar surface area (TPSA) is 54.1 Å². The molecule has 2 N–H and O–H groups in total. The Morgan fingerprint density at radius 3 is 2.50 bits per heavy atom. The van der Waals surface area contributed by atoms with Crippen LogP contribution in [-0.2, 0) is 4.18 Å². The quantitative estimate of drug-likeness (QED) is 0.312. The van der Waals surface area contributed by atoms with E-state index in [1.165, 1.54) is 0 Å². The maximum absolute atomic E-state index is 10.8. The normalized spacial score (nSPS) is 8.81. The molecule has 1 rings (SSSR count). The summed E-state index contributed by atoms with van der Waals surface area (Å²) in [7, 11) is 0. The lowest BCUT2D eigenvalue weighted by atomic mass is 10.4. The van der Waals surface area contributed by atoms with Crippen LogP contribution in [0.3, 0.4) is 0 Å². The molecule has 1 aromatic heterocycles. The first-order valence-corrected chi connectivity index (χ1v) is 5.99. The third-order valence-corrected chi connectivity index (χ3v) is 2.92. The second-order valence-corrected chi connectivity index (χ2v) is 3.77. The van der Waals surface area contributed by atoms with E-state index in [9.17, 15) is 4.79 Å². The van der Waals surface area contributed by atoms with Gasteiger partial charge in [-0.2, -0.15) is 0 Å². The second-order valence-electron chi connectivity index (χ2n) is 2.25. The van der Waals surface area contributed by atoms with Crippen LogP contribution in [0.2, 0.25) is 0 Å². The molecule has 8 heteroatoms. The van der Waals surface area contributed by atoms with Crippen molar-refractivity contribution in [1.82, 2.24) is 4.98 Å². The second kappa shape index (κ2) is 7.88. The van der Waals surface area contributed by atoms with E-state index in [1.807, 2.05) is 13.8 Å². The number of rotatable bonds is 1. The van der Waals surface area contributed by atoms with E-state index < -0.39 is 6.09 Å². The number of amides is 1. The van der Waals surface area contributed by atoms with Crippen molar-refractivity contribution >= 4 is 62.3 Å². The minimum Gasteiger partial charge on any atom is -0.378 e. The van der Waals surface area contributed by atoms with E-state index in [0.29, 0.717) is 20.2 Å². The van der Waals surface area contributed by atoms with Crippen molar-refractivity contribution in [1.29, 1.82) is 0 Å². The van der Waals surface area contributed by atoms with Gasteiger partial charge in [0.15, 0.2) is 0 Å². The summed E-state index contributed by atoms with van der Waals surface area (Å²) in [5.41, 5.74) is 0. The van der Waals surface area contributed by atoms with E-state index in [0.717, 1.165) is 0 Å². The maximum Gasteiger partial charge on any atom is 0.424 e. The Balaban J connectivity index is 0.00000106. The van der Waals surface area contributed by atoms with E-state index in [4.69, 9.17) is 12.2 Å². The van der Waals surface area contributed by atoms with E-state index in [2.05, 4.69) is 52.7 Å². The molecule has 0 radical (unpaired) electrons. The van der Waals surface area contributed by atoms with E-state index in [-0.39, 0.29) is 0 Å². The Morgan fingerprint density at radius 1 is 1.50 bits per heavy atom. The minimum atomic E-state index is -0.710. The minimum absolute atomic E-state index is 0.372. The summed E-state index contributed by atoms with van der Waals surface area (Å²) in [4.78, 5) is 14.6. The van der Waals surface area contributed by atoms with Crippen molar-refractivity contribution in [2.24, 2.45) is 0 Å². The molecule has 0 aliphatic rings. The summed E-state index contributed by atoms with van der Waals surface area (Å²) < 4.78 is 4.49. The fourth-order valence-corrected chi connectivity index (χ4v) is 1.44. The van der Waals surface area contributed by atoms with Crippen molar-refractivity contribution in [2.75, 3.05) is 5.32 Å². The molecule has 0 aromatic carbocycles. The third-order valence-electron chi connectivity index (χ3n) is 1.31. The molecule has 0 fully saturated rings. The van der Waals surface area contributed by atoms with Crippen molar-refractivity contribution in [3.8, 4) is 0 Å². The van der Waals surface area contributed by atoms with Crippen molar-refractivity contribution in [2.45, 2.75) is 23.6 Å². The Labute approximate surface area is 116 Å². The SMILES string of the molecule is CC.O=C(Nc1cc(S)c(S)c(=S)[nH]1)OS. The van der Waals surface area contributed by atoms with Crippen LogP contribution in [0.15, 0.2) is 15.9 Å². The highest BCUT2D eigenvalue weighted by Crippen LogP contribution is 2.21. The fraction of sp³-hybridized carbons (Fsp3) is 0.250. The first-order valence-electron chi connectivity index (χ1n) is 4.32. The number of aromatic amines is 1. The Morgan fingerprint density at radius 2 is 2.06 bits per heavy atom. The summed E-state index contributed by atoms with van der Waals surface area (Å²) in [6.45, 7) is 4.00. The number of aromatic nitrogens is 1. The van der Waals surface area contributed by atoms with Gasteiger partial charge in [-0.25, -0.2) is 4.79 Å². The standard InChI is InChI=1S/C6H6N2O2S4.C2H6/c9-6(10-14)8-3-1-2(11)4(12)5(13)7-3;1-2/h1,12,14H,(H3,7,8,9,11,13);1-2H3. The number of nitrogens with one attached hydrogen (secondary N) is 2. The van der Waals surface area contributed by atoms with Gasteiger partial charge in [-0.15, -0.1) is 25.3 Å². The number of hydrogen-bond donors (Lipinski definition) is 5. The molecule has 1 heterocycles. The predicted molar refractivity (Wildman–Crippen MR) is 76.6 cm³/mol. The number of thiol groups is 3. The summed E-state index contributed by atoms with van der Waals surface area (Å²) in [6.07, 6.45) is -0.710. The van der Waals surface area contributed by atoms with Crippen LogP contribution in [0, 0.1) is 4.64 Å². The first-order chi connectivity index (χ1) is 7.54. The molecule has 4 nitrogen and oxygen atoms in total. The van der Waals surface area contributed by atoms with Crippen LogP contribution >= 0.6 is 50.4 Å². The molecule has 0 aliphatic carbocycles. The Hall–Kier alpha value is -0.310. The van der Waals surface area contributed by atoms with Gasteiger partial charge in [0.2, 0.25) is 0 Å². The van der Waals surface area contributed by atoms with Crippen LogP contribution in [-0.4, -0.2) is 11.1 Å². The summed E-state index contributed by atoms with van der Waals surface area (Å²) in [5, 5.41) is 2.36. The van der Waals surface area contributed by atoms with Crippen molar-refractivity contribution < 1.29 is 8.98 Å². The molecule has 0 unspecified atom stereocenters. The van der Waals surface area contributed by atoms with Crippen LogP contribution in [0.1, 0.15) is 13.8 Å². The van der Waals surface area contributed by atoms with Gasteiger partial charge in [0.1, 0.15) is 10.5 Å². The third kappa shape index (κ3) is 4.69. The molecule has 0 aliphatic heterocycles. The van der Waals surface area contributed by atoms with Gasteiger partial charge in [0.05, 0.1) is 4.90 Å². The maximum atomic E-state index is 10.8. The molecule has 0 saturated carbocycles. The molecule has 0 saturated heterocycles. The lowest BCUT2D eigenvalue weighted by Gasteiger charge is -2.05. The average molecular weight is 296 g/mol. The van der Waals surface area contributed by atoms with Gasteiger partial charge in [0.25, 0.3) is 0 Å². The molecule has 1 aromatic rings. The van der Waals surface area contributed by atoms with Crippen LogP contribution in [0.4, 0.5) is 10.6 Å².